The molecular formula is C22H19BrN4O2S. The minimum atomic E-state index is -0.0858. The molecule has 0 aliphatic heterocycles. The molecule has 0 atom stereocenters. The Labute approximate surface area is 186 Å². The summed E-state index contributed by atoms with van der Waals surface area (Å²) in [6, 6.07) is 17.3. The molecule has 1 amide bonds. The molecule has 6 nitrogen and oxygen atoms in total. The molecule has 0 fully saturated rings. The number of halogens is 1. The number of carbonyl (C=O) groups excluding carboxylic acids is 1. The molecule has 4 rings (SSSR count). The molecular weight excluding hydrogens is 464 g/mol. The molecule has 0 saturated carbocycles. The number of thioether (sulfide) groups is 1. The lowest BCUT2D eigenvalue weighted by atomic mass is 10.1. The minimum Gasteiger partial charge on any atom is -0.494 e. The van der Waals surface area contributed by atoms with E-state index in [2.05, 4.69) is 31.3 Å². The lowest BCUT2D eigenvalue weighted by Gasteiger charge is -2.05. The number of carbonyl (C=O) groups is 1. The van der Waals surface area contributed by atoms with Gasteiger partial charge in [0.1, 0.15) is 10.8 Å². The zero-order valence-corrected chi connectivity index (χ0v) is 18.6. The number of anilines is 1. The maximum Gasteiger partial charge on any atom is 0.234 e. The molecule has 4 aromatic rings. The van der Waals surface area contributed by atoms with Crippen molar-refractivity contribution in [1.82, 2.24) is 14.6 Å². The van der Waals surface area contributed by atoms with Crippen molar-refractivity contribution in [2.24, 2.45) is 0 Å². The molecule has 1 N–H and O–H groups in total. The van der Waals surface area contributed by atoms with Crippen LogP contribution in [-0.4, -0.2) is 32.9 Å². The van der Waals surface area contributed by atoms with Gasteiger partial charge in [0, 0.05) is 28.1 Å². The zero-order chi connectivity index (χ0) is 20.9. The molecule has 0 aliphatic carbocycles. The number of nitrogens with zero attached hydrogens (tertiary/aromatic N) is 3. The van der Waals surface area contributed by atoms with Crippen LogP contribution in [0.25, 0.3) is 16.8 Å². The van der Waals surface area contributed by atoms with Gasteiger partial charge in [0.15, 0.2) is 0 Å². The summed E-state index contributed by atoms with van der Waals surface area (Å²) in [5.41, 5.74) is 3.46. The largest absolute Gasteiger partial charge is 0.494 e. The van der Waals surface area contributed by atoms with E-state index in [-0.39, 0.29) is 11.7 Å². The van der Waals surface area contributed by atoms with Crippen LogP contribution in [0, 0.1) is 0 Å². The van der Waals surface area contributed by atoms with Crippen molar-refractivity contribution in [2.75, 3.05) is 17.7 Å². The SMILES string of the molecule is CCOc1ccc(-c2cc3c(SCC(=O)Nc4ccc(Br)cc4)nccn3n2)cc1. The van der Waals surface area contributed by atoms with E-state index in [1.54, 1.807) is 16.9 Å². The number of fused-ring (bicyclic) bond motifs is 1. The number of rotatable bonds is 7. The second-order valence-corrected chi connectivity index (χ2v) is 8.27. The first-order valence-corrected chi connectivity index (χ1v) is 11.2. The van der Waals surface area contributed by atoms with Gasteiger partial charge in [0.25, 0.3) is 0 Å². The highest BCUT2D eigenvalue weighted by atomic mass is 79.9. The van der Waals surface area contributed by atoms with Crippen LogP contribution in [0.15, 0.2) is 76.5 Å². The van der Waals surface area contributed by atoms with Gasteiger partial charge in [0.2, 0.25) is 5.91 Å². The molecule has 8 heteroatoms. The average molecular weight is 483 g/mol. The predicted molar refractivity (Wildman–Crippen MR) is 123 cm³/mol. The first kappa shape index (κ1) is 20.4. The van der Waals surface area contributed by atoms with Crippen LogP contribution in [-0.2, 0) is 4.79 Å². The third-order valence-corrected chi connectivity index (χ3v) is 5.81. The second-order valence-electron chi connectivity index (χ2n) is 6.39. The fourth-order valence-electron chi connectivity index (χ4n) is 2.90. The van der Waals surface area contributed by atoms with E-state index in [4.69, 9.17) is 4.74 Å². The molecule has 0 spiro atoms. The standard InChI is InChI=1S/C22H19BrN4O2S/c1-2-29-18-9-3-15(4-10-18)19-13-20-22(24-11-12-27(20)26-19)30-14-21(28)25-17-7-5-16(23)6-8-17/h3-13H,2,14H2,1H3,(H,25,28). The Morgan fingerprint density at radius 1 is 1.17 bits per heavy atom. The molecule has 0 unspecified atom stereocenters. The number of ether oxygens (including phenoxy) is 1. The number of nitrogens with one attached hydrogen (secondary N) is 1. The van der Waals surface area contributed by atoms with E-state index in [1.807, 2.05) is 61.5 Å². The maximum atomic E-state index is 12.3. The van der Waals surface area contributed by atoms with Crippen LogP contribution in [0.4, 0.5) is 5.69 Å². The maximum absolute atomic E-state index is 12.3. The van der Waals surface area contributed by atoms with Gasteiger partial charge < -0.3 is 10.1 Å². The highest BCUT2D eigenvalue weighted by Crippen LogP contribution is 2.27. The molecule has 0 aliphatic rings. The number of aromatic nitrogens is 3. The summed E-state index contributed by atoms with van der Waals surface area (Å²) in [6.45, 7) is 2.59. The Morgan fingerprint density at radius 2 is 1.93 bits per heavy atom. The fourth-order valence-corrected chi connectivity index (χ4v) is 3.94. The first-order valence-electron chi connectivity index (χ1n) is 9.38. The normalized spacial score (nSPS) is 10.9. The van der Waals surface area contributed by atoms with E-state index in [0.717, 1.165) is 37.7 Å². The van der Waals surface area contributed by atoms with Crippen molar-refractivity contribution in [2.45, 2.75) is 11.9 Å². The zero-order valence-electron chi connectivity index (χ0n) is 16.2. The van der Waals surface area contributed by atoms with E-state index < -0.39 is 0 Å². The number of amides is 1. The Morgan fingerprint density at radius 3 is 2.67 bits per heavy atom. The third kappa shape index (κ3) is 4.83. The van der Waals surface area contributed by atoms with Gasteiger partial charge in [-0.3, -0.25) is 4.79 Å². The van der Waals surface area contributed by atoms with Crippen LogP contribution < -0.4 is 10.1 Å². The number of hydrogen-bond donors (Lipinski definition) is 1. The van der Waals surface area contributed by atoms with Crippen LogP contribution in [0.5, 0.6) is 5.75 Å². The lowest BCUT2D eigenvalue weighted by molar-refractivity contribution is -0.113. The van der Waals surface area contributed by atoms with Gasteiger partial charge in [-0.25, -0.2) is 9.50 Å². The van der Waals surface area contributed by atoms with Gasteiger partial charge >= 0.3 is 0 Å². The molecule has 0 bridgehead atoms. The molecule has 0 radical (unpaired) electrons. The van der Waals surface area contributed by atoms with Gasteiger partial charge in [-0.1, -0.05) is 27.7 Å². The highest BCUT2D eigenvalue weighted by molar-refractivity contribution is 9.10. The van der Waals surface area contributed by atoms with Crippen molar-refractivity contribution < 1.29 is 9.53 Å². The van der Waals surface area contributed by atoms with Gasteiger partial charge in [-0.2, -0.15) is 5.10 Å². The number of hydrogen-bond acceptors (Lipinski definition) is 5. The molecule has 152 valence electrons. The Hall–Kier alpha value is -2.84. The quantitative estimate of drug-likeness (QED) is 0.362. The van der Waals surface area contributed by atoms with E-state index >= 15 is 0 Å². The minimum absolute atomic E-state index is 0.0858. The topological polar surface area (TPSA) is 68.5 Å². The van der Waals surface area contributed by atoms with Crippen molar-refractivity contribution in [3.63, 3.8) is 0 Å². The first-order chi connectivity index (χ1) is 14.6. The monoisotopic (exact) mass is 482 g/mol. The molecule has 0 saturated heterocycles. The Bertz CT molecular complexity index is 1160. The highest BCUT2D eigenvalue weighted by Gasteiger charge is 2.12. The predicted octanol–water partition coefficient (Wildman–Crippen LogP) is 5.29. The number of benzene rings is 2. The van der Waals surface area contributed by atoms with Gasteiger partial charge in [-0.05, 0) is 61.5 Å². The molecule has 2 aromatic heterocycles. The van der Waals surface area contributed by atoms with E-state index in [9.17, 15) is 4.79 Å². The van der Waals surface area contributed by atoms with Gasteiger partial charge in [0.05, 0.1) is 23.6 Å². The summed E-state index contributed by atoms with van der Waals surface area (Å²) in [5, 5.41) is 8.29. The lowest BCUT2D eigenvalue weighted by Crippen LogP contribution is -2.14. The second kappa shape index (κ2) is 9.32. The van der Waals surface area contributed by atoms with E-state index in [0.29, 0.717) is 6.61 Å². The van der Waals surface area contributed by atoms with Crippen LogP contribution in [0.3, 0.4) is 0 Å². The summed E-state index contributed by atoms with van der Waals surface area (Å²) in [5.74, 6) is 1.00. The van der Waals surface area contributed by atoms with Crippen LogP contribution >= 0.6 is 27.7 Å². The summed E-state index contributed by atoms with van der Waals surface area (Å²) in [6.07, 6.45) is 3.50. The van der Waals surface area contributed by atoms with Crippen LogP contribution in [0.1, 0.15) is 6.92 Å². The fraction of sp³-hybridized carbons (Fsp3) is 0.136. The van der Waals surface area contributed by atoms with Gasteiger partial charge in [-0.15, -0.1) is 0 Å². The van der Waals surface area contributed by atoms with Crippen molar-refractivity contribution in [3.8, 4) is 17.0 Å². The molecule has 30 heavy (non-hydrogen) atoms. The molecule has 2 heterocycles. The van der Waals surface area contributed by atoms with Crippen LogP contribution in [0.2, 0.25) is 0 Å². The third-order valence-electron chi connectivity index (χ3n) is 4.28. The Balaban J connectivity index is 1.48. The van der Waals surface area contributed by atoms with E-state index in [1.165, 1.54) is 11.8 Å². The van der Waals surface area contributed by atoms with Crippen molar-refractivity contribution in [3.05, 3.63) is 71.5 Å². The smallest absolute Gasteiger partial charge is 0.234 e. The van der Waals surface area contributed by atoms with Crippen molar-refractivity contribution in [1.29, 1.82) is 0 Å². The summed E-state index contributed by atoms with van der Waals surface area (Å²) >= 11 is 4.77. The summed E-state index contributed by atoms with van der Waals surface area (Å²) in [4.78, 5) is 16.8. The summed E-state index contributed by atoms with van der Waals surface area (Å²) < 4.78 is 8.25. The molecule has 2 aromatic carbocycles. The Kier molecular flexibility index (Phi) is 6.35. The van der Waals surface area contributed by atoms with Crippen molar-refractivity contribution >= 4 is 44.8 Å². The summed E-state index contributed by atoms with van der Waals surface area (Å²) in [7, 11) is 0. The average Bonchev–Trinajstić information content (AvgIpc) is 3.20.